The molecule has 82 valence electrons. The number of carbonyl (C=O) groups is 1. The van der Waals surface area contributed by atoms with Crippen molar-refractivity contribution in [3.63, 3.8) is 0 Å². The Morgan fingerprint density at radius 2 is 2.27 bits per heavy atom. The standard InChI is InChI=1S/C12H18N2O/c1-4-14-10(7-9(2)13-14)8-11(15)12(3)5-6-12/h7H,4-6,8H2,1-3H3. The summed E-state index contributed by atoms with van der Waals surface area (Å²) >= 11 is 0. The Balaban J connectivity index is 2.13. The van der Waals surface area contributed by atoms with Gasteiger partial charge in [-0.1, -0.05) is 6.92 Å². The predicted molar refractivity (Wildman–Crippen MR) is 58.7 cm³/mol. The molecule has 3 heteroatoms. The molecule has 2 rings (SSSR count). The fourth-order valence-electron chi connectivity index (χ4n) is 1.86. The van der Waals surface area contributed by atoms with Crippen molar-refractivity contribution in [1.29, 1.82) is 0 Å². The topological polar surface area (TPSA) is 34.9 Å². The molecule has 15 heavy (non-hydrogen) atoms. The molecule has 1 saturated carbocycles. The van der Waals surface area contributed by atoms with Crippen molar-refractivity contribution in [2.45, 2.75) is 46.6 Å². The fraction of sp³-hybridized carbons (Fsp3) is 0.667. The van der Waals surface area contributed by atoms with Crippen LogP contribution in [0.2, 0.25) is 0 Å². The maximum Gasteiger partial charge on any atom is 0.144 e. The maximum atomic E-state index is 11.9. The molecular formula is C12H18N2O. The highest BCUT2D eigenvalue weighted by Crippen LogP contribution is 2.46. The molecular weight excluding hydrogens is 188 g/mol. The third-order valence-corrected chi connectivity index (χ3v) is 3.30. The van der Waals surface area contributed by atoms with E-state index in [4.69, 9.17) is 0 Å². The zero-order valence-corrected chi connectivity index (χ0v) is 9.71. The molecule has 0 saturated heterocycles. The van der Waals surface area contributed by atoms with Gasteiger partial charge in [0.1, 0.15) is 5.78 Å². The molecule has 1 aromatic heterocycles. The van der Waals surface area contributed by atoms with E-state index in [1.165, 1.54) is 0 Å². The fourth-order valence-corrected chi connectivity index (χ4v) is 1.86. The molecule has 1 aliphatic carbocycles. The molecule has 0 aliphatic heterocycles. The summed E-state index contributed by atoms with van der Waals surface area (Å²) in [5, 5.41) is 4.35. The van der Waals surface area contributed by atoms with Gasteiger partial charge in [-0.2, -0.15) is 5.10 Å². The highest BCUT2D eigenvalue weighted by Gasteiger charge is 2.44. The zero-order chi connectivity index (χ0) is 11.1. The summed E-state index contributed by atoms with van der Waals surface area (Å²) in [5.41, 5.74) is 2.05. The lowest BCUT2D eigenvalue weighted by Crippen LogP contribution is -2.17. The molecule has 1 fully saturated rings. The van der Waals surface area contributed by atoms with E-state index in [1.807, 2.05) is 17.7 Å². The number of aromatic nitrogens is 2. The highest BCUT2D eigenvalue weighted by atomic mass is 16.1. The van der Waals surface area contributed by atoms with Crippen molar-refractivity contribution in [3.05, 3.63) is 17.5 Å². The number of rotatable bonds is 4. The van der Waals surface area contributed by atoms with Crippen molar-refractivity contribution in [3.8, 4) is 0 Å². The third-order valence-electron chi connectivity index (χ3n) is 3.30. The van der Waals surface area contributed by atoms with Gasteiger partial charge in [-0.15, -0.1) is 0 Å². The number of carbonyl (C=O) groups excluding carboxylic acids is 1. The first kappa shape index (κ1) is 10.4. The zero-order valence-electron chi connectivity index (χ0n) is 9.71. The van der Waals surface area contributed by atoms with E-state index >= 15 is 0 Å². The maximum absolute atomic E-state index is 11.9. The highest BCUT2D eigenvalue weighted by molar-refractivity contribution is 5.88. The van der Waals surface area contributed by atoms with Crippen LogP contribution in [0, 0.1) is 12.3 Å². The number of nitrogens with zero attached hydrogens (tertiary/aromatic N) is 2. The average molecular weight is 206 g/mol. The minimum absolute atomic E-state index is 0.0171. The molecule has 1 aliphatic rings. The number of Topliss-reactive ketones (excluding diaryl/α,β-unsaturated/α-hetero) is 1. The minimum Gasteiger partial charge on any atom is -0.299 e. The summed E-state index contributed by atoms with van der Waals surface area (Å²) in [4.78, 5) is 11.9. The van der Waals surface area contributed by atoms with E-state index < -0.39 is 0 Å². The Morgan fingerprint density at radius 1 is 1.60 bits per heavy atom. The van der Waals surface area contributed by atoms with E-state index in [-0.39, 0.29) is 5.41 Å². The van der Waals surface area contributed by atoms with Gasteiger partial charge in [0.15, 0.2) is 0 Å². The number of aryl methyl sites for hydroxylation is 2. The molecule has 0 bridgehead atoms. The van der Waals surface area contributed by atoms with Crippen LogP contribution in [0.25, 0.3) is 0 Å². The van der Waals surface area contributed by atoms with Crippen LogP contribution in [-0.2, 0) is 17.8 Å². The summed E-state index contributed by atoms with van der Waals surface area (Å²) in [7, 11) is 0. The number of ketones is 1. The molecule has 1 aromatic rings. The monoisotopic (exact) mass is 206 g/mol. The van der Waals surface area contributed by atoms with Crippen LogP contribution in [0.3, 0.4) is 0 Å². The van der Waals surface area contributed by atoms with Gasteiger partial charge in [0.05, 0.1) is 5.69 Å². The van der Waals surface area contributed by atoms with E-state index in [2.05, 4.69) is 18.9 Å². The van der Waals surface area contributed by atoms with Crippen molar-refractivity contribution in [1.82, 2.24) is 9.78 Å². The Labute approximate surface area is 90.5 Å². The van der Waals surface area contributed by atoms with Gasteiger partial charge in [-0.25, -0.2) is 0 Å². The van der Waals surface area contributed by atoms with Crippen molar-refractivity contribution < 1.29 is 4.79 Å². The summed E-state index contributed by atoms with van der Waals surface area (Å²) in [6.45, 7) is 6.93. The smallest absolute Gasteiger partial charge is 0.144 e. The molecule has 0 N–H and O–H groups in total. The molecule has 0 radical (unpaired) electrons. The molecule has 1 heterocycles. The first-order valence-electron chi connectivity index (χ1n) is 5.62. The summed E-state index contributed by atoms with van der Waals surface area (Å²) in [6, 6.07) is 2.02. The van der Waals surface area contributed by atoms with Gasteiger partial charge in [0.25, 0.3) is 0 Å². The van der Waals surface area contributed by atoms with Crippen LogP contribution in [-0.4, -0.2) is 15.6 Å². The van der Waals surface area contributed by atoms with Crippen LogP contribution >= 0.6 is 0 Å². The summed E-state index contributed by atoms with van der Waals surface area (Å²) < 4.78 is 1.93. The summed E-state index contributed by atoms with van der Waals surface area (Å²) in [5.74, 6) is 0.372. The van der Waals surface area contributed by atoms with E-state index in [1.54, 1.807) is 0 Å². The van der Waals surface area contributed by atoms with E-state index in [0.29, 0.717) is 12.2 Å². The van der Waals surface area contributed by atoms with Gasteiger partial charge < -0.3 is 0 Å². The first-order chi connectivity index (χ1) is 7.05. The van der Waals surface area contributed by atoms with Crippen LogP contribution in [0.15, 0.2) is 6.07 Å². The normalized spacial score (nSPS) is 17.8. The third kappa shape index (κ3) is 1.96. The Bertz CT molecular complexity index is 388. The molecule has 0 aromatic carbocycles. The Kier molecular flexibility index (Phi) is 2.41. The van der Waals surface area contributed by atoms with Crippen LogP contribution in [0.4, 0.5) is 0 Å². The quantitative estimate of drug-likeness (QED) is 0.756. The lowest BCUT2D eigenvalue weighted by atomic mass is 10.00. The SMILES string of the molecule is CCn1nc(C)cc1CC(=O)C1(C)CC1. The van der Waals surface area contributed by atoms with E-state index in [9.17, 15) is 4.79 Å². The van der Waals surface area contributed by atoms with Crippen LogP contribution in [0.5, 0.6) is 0 Å². The van der Waals surface area contributed by atoms with Gasteiger partial charge in [-0.3, -0.25) is 9.48 Å². The van der Waals surface area contributed by atoms with Crippen molar-refractivity contribution >= 4 is 5.78 Å². The van der Waals surface area contributed by atoms with Gasteiger partial charge in [0, 0.05) is 24.1 Å². The average Bonchev–Trinajstić information content (AvgIpc) is 2.83. The minimum atomic E-state index is -0.0171. The van der Waals surface area contributed by atoms with Crippen molar-refractivity contribution in [2.24, 2.45) is 5.41 Å². The molecule has 0 unspecified atom stereocenters. The Hall–Kier alpha value is -1.12. The Morgan fingerprint density at radius 3 is 2.80 bits per heavy atom. The number of hydrogen-bond acceptors (Lipinski definition) is 2. The van der Waals surface area contributed by atoms with Crippen LogP contribution < -0.4 is 0 Å². The second-order valence-electron chi connectivity index (χ2n) is 4.75. The van der Waals surface area contributed by atoms with Crippen LogP contribution in [0.1, 0.15) is 38.1 Å². The molecule has 3 nitrogen and oxygen atoms in total. The second kappa shape index (κ2) is 3.47. The largest absolute Gasteiger partial charge is 0.299 e. The van der Waals surface area contributed by atoms with Gasteiger partial charge in [-0.05, 0) is 32.8 Å². The predicted octanol–water partition coefficient (Wildman–Crippen LogP) is 2.12. The molecule has 0 spiro atoms. The molecule has 0 amide bonds. The first-order valence-corrected chi connectivity index (χ1v) is 5.62. The van der Waals surface area contributed by atoms with E-state index in [0.717, 1.165) is 30.8 Å². The second-order valence-corrected chi connectivity index (χ2v) is 4.75. The summed E-state index contributed by atoms with van der Waals surface area (Å²) in [6.07, 6.45) is 2.67. The number of hydrogen-bond donors (Lipinski definition) is 0. The molecule has 0 atom stereocenters. The van der Waals surface area contributed by atoms with Gasteiger partial charge in [0.2, 0.25) is 0 Å². The lowest BCUT2D eigenvalue weighted by Gasteiger charge is -2.07. The van der Waals surface area contributed by atoms with Gasteiger partial charge >= 0.3 is 0 Å². The lowest BCUT2D eigenvalue weighted by molar-refractivity contribution is -0.123. The van der Waals surface area contributed by atoms with Crippen molar-refractivity contribution in [2.75, 3.05) is 0 Å².